The number of carbonyl (C=O) groups is 1. The van der Waals surface area contributed by atoms with E-state index in [-0.39, 0.29) is 5.91 Å². The lowest BCUT2D eigenvalue weighted by molar-refractivity contribution is 0.101. The molecule has 1 aromatic heterocycles. The fourth-order valence-electron chi connectivity index (χ4n) is 1.53. The number of hydrogen-bond acceptors (Lipinski definition) is 1. The molecule has 0 atom stereocenters. The van der Waals surface area contributed by atoms with Gasteiger partial charge in [0.2, 0.25) is 0 Å². The molecule has 0 saturated heterocycles. The molecule has 1 amide bonds. The fraction of sp³-hybridized carbons (Fsp3) is 0.0833. The predicted molar refractivity (Wildman–Crippen MR) is 85.2 cm³/mol. The number of benzene rings is 1. The Balaban J connectivity index is 2.24. The maximum absolute atomic E-state index is 12.1. The Hall–Kier alpha value is -0.530. The van der Waals surface area contributed by atoms with Gasteiger partial charge in [-0.15, -0.1) is 0 Å². The Morgan fingerprint density at radius 1 is 1.44 bits per heavy atom. The number of nitrogens with zero attached hydrogens (tertiary/aromatic N) is 1. The molecule has 3 nitrogen and oxygen atoms in total. The number of rotatable bonds is 2. The van der Waals surface area contributed by atoms with Crippen LogP contribution in [0.4, 0.5) is 5.69 Å². The van der Waals surface area contributed by atoms with Crippen LogP contribution >= 0.6 is 50.1 Å². The Morgan fingerprint density at radius 3 is 2.72 bits per heavy atom. The van der Waals surface area contributed by atoms with E-state index >= 15 is 0 Å². The number of carbonyl (C=O) groups excluding carboxylic acids is 1. The smallest absolute Gasteiger partial charge is 0.272 e. The normalized spacial score (nSPS) is 10.4. The second-order valence-corrected chi connectivity index (χ2v) is 6.30. The van der Waals surface area contributed by atoms with Gasteiger partial charge in [0.1, 0.15) is 5.69 Å². The highest BCUT2D eigenvalue weighted by molar-refractivity contribution is 14.1. The van der Waals surface area contributed by atoms with Crippen LogP contribution in [0.1, 0.15) is 10.5 Å². The van der Waals surface area contributed by atoms with Gasteiger partial charge in [-0.25, -0.2) is 0 Å². The van der Waals surface area contributed by atoms with Gasteiger partial charge in [0.15, 0.2) is 0 Å². The molecule has 0 aliphatic carbocycles. The van der Waals surface area contributed by atoms with Crippen molar-refractivity contribution in [1.29, 1.82) is 0 Å². The van der Waals surface area contributed by atoms with E-state index in [0.29, 0.717) is 16.4 Å². The minimum atomic E-state index is -0.189. The summed E-state index contributed by atoms with van der Waals surface area (Å²) in [5, 5.41) is 3.32. The van der Waals surface area contributed by atoms with Crippen molar-refractivity contribution in [2.24, 2.45) is 7.05 Å². The zero-order valence-electron chi connectivity index (χ0n) is 9.38. The molecule has 1 aromatic carbocycles. The van der Waals surface area contributed by atoms with Crippen molar-refractivity contribution in [3.63, 3.8) is 0 Å². The number of nitrogens with one attached hydrogen (secondary N) is 1. The van der Waals surface area contributed by atoms with Crippen LogP contribution in [0.15, 0.2) is 34.9 Å². The minimum Gasteiger partial charge on any atom is -0.345 e. The molecule has 18 heavy (non-hydrogen) atoms. The number of anilines is 1. The average Bonchev–Trinajstić information content (AvgIpc) is 2.62. The zero-order chi connectivity index (χ0) is 13.3. The molecule has 0 unspecified atom stereocenters. The van der Waals surface area contributed by atoms with Crippen LogP contribution in [0.3, 0.4) is 0 Å². The number of aromatic nitrogens is 1. The van der Waals surface area contributed by atoms with Crippen LogP contribution in [-0.2, 0) is 7.05 Å². The molecule has 0 aliphatic rings. The third kappa shape index (κ3) is 3.07. The van der Waals surface area contributed by atoms with E-state index in [1.165, 1.54) is 0 Å². The van der Waals surface area contributed by atoms with Crippen LogP contribution in [0.5, 0.6) is 0 Å². The SMILES string of the molecule is Cn1cc(Br)cc1C(=O)Nc1ccc(I)cc1Cl. The van der Waals surface area contributed by atoms with Gasteiger partial charge in [-0.1, -0.05) is 11.6 Å². The van der Waals surface area contributed by atoms with Gasteiger partial charge in [-0.3, -0.25) is 4.79 Å². The molecule has 2 aromatic rings. The summed E-state index contributed by atoms with van der Waals surface area (Å²) in [6.07, 6.45) is 1.82. The van der Waals surface area contributed by atoms with Gasteiger partial charge < -0.3 is 9.88 Å². The Bertz CT molecular complexity index is 612. The second-order valence-electron chi connectivity index (χ2n) is 3.73. The average molecular weight is 439 g/mol. The molecule has 1 N–H and O–H groups in total. The fourth-order valence-corrected chi connectivity index (χ4v) is 2.95. The van der Waals surface area contributed by atoms with Crippen molar-refractivity contribution in [3.05, 3.63) is 49.2 Å². The van der Waals surface area contributed by atoms with Crippen LogP contribution in [0.2, 0.25) is 5.02 Å². The largest absolute Gasteiger partial charge is 0.345 e. The molecule has 94 valence electrons. The van der Waals surface area contributed by atoms with E-state index in [9.17, 15) is 4.79 Å². The third-order valence-corrected chi connectivity index (χ3v) is 3.80. The number of hydrogen-bond donors (Lipinski definition) is 1. The van der Waals surface area contributed by atoms with Crippen molar-refractivity contribution >= 4 is 61.7 Å². The first-order valence-electron chi connectivity index (χ1n) is 5.05. The molecule has 0 saturated carbocycles. The molecule has 0 spiro atoms. The second kappa shape index (κ2) is 5.63. The lowest BCUT2D eigenvalue weighted by Gasteiger charge is -2.08. The van der Waals surface area contributed by atoms with Gasteiger partial charge in [-0.05, 0) is 62.8 Å². The van der Waals surface area contributed by atoms with E-state index in [1.54, 1.807) is 22.8 Å². The summed E-state index contributed by atoms with van der Waals surface area (Å²) in [4.78, 5) is 12.1. The topological polar surface area (TPSA) is 34.0 Å². The maximum Gasteiger partial charge on any atom is 0.272 e. The van der Waals surface area contributed by atoms with Gasteiger partial charge in [-0.2, -0.15) is 0 Å². The molecule has 2 rings (SSSR count). The van der Waals surface area contributed by atoms with Crippen LogP contribution < -0.4 is 5.32 Å². The maximum atomic E-state index is 12.1. The van der Waals surface area contributed by atoms with Gasteiger partial charge in [0.05, 0.1) is 10.7 Å². The van der Waals surface area contributed by atoms with E-state index in [0.717, 1.165) is 8.04 Å². The molecule has 0 fully saturated rings. The Morgan fingerprint density at radius 2 is 2.17 bits per heavy atom. The van der Waals surface area contributed by atoms with Crippen LogP contribution in [0.25, 0.3) is 0 Å². The molecule has 6 heteroatoms. The highest BCUT2D eigenvalue weighted by Gasteiger charge is 2.12. The van der Waals surface area contributed by atoms with Crippen LogP contribution in [0, 0.1) is 3.57 Å². The van der Waals surface area contributed by atoms with Crippen molar-refractivity contribution in [2.75, 3.05) is 5.32 Å². The van der Waals surface area contributed by atoms with E-state index < -0.39 is 0 Å². The summed E-state index contributed by atoms with van der Waals surface area (Å²) >= 11 is 11.6. The van der Waals surface area contributed by atoms with Crippen molar-refractivity contribution in [1.82, 2.24) is 4.57 Å². The summed E-state index contributed by atoms with van der Waals surface area (Å²) in [6.45, 7) is 0. The summed E-state index contributed by atoms with van der Waals surface area (Å²) in [6, 6.07) is 7.25. The Labute approximate surface area is 132 Å². The first-order chi connectivity index (χ1) is 8.47. The zero-order valence-corrected chi connectivity index (χ0v) is 13.9. The summed E-state index contributed by atoms with van der Waals surface area (Å²) in [5.41, 5.74) is 1.18. The summed E-state index contributed by atoms with van der Waals surface area (Å²) in [7, 11) is 1.81. The quantitative estimate of drug-likeness (QED) is 0.696. The number of halogens is 3. The first kappa shape index (κ1) is 13.9. The number of amides is 1. The van der Waals surface area contributed by atoms with E-state index in [4.69, 9.17) is 11.6 Å². The molecule has 0 aliphatic heterocycles. The Kier molecular flexibility index (Phi) is 4.34. The van der Waals surface area contributed by atoms with Crippen molar-refractivity contribution in [2.45, 2.75) is 0 Å². The van der Waals surface area contributed by atoms with Gasteiger partial charge >= 0.3 is 0 Å². The lowest BCUT2D eigenvalue weighted by Crippen LogP contribution is -2.15. The highest BCUT2D eigenvalue weighted by atomic mass is 127. The van der Waals surface area contributed by atoms with E-state index in [2.05, 4.69) is 43.8 Å². The predicted octanol–water partition coefficient (Wildman–Crippen LogP) is 4.30. The molecular weight excluding hydrogens is 430 g/mol. The lowest BCUT2D eigenvalue weighted by atomic mass is 10.3. The molecule has 0 bridgehead atoms. The highest BCUT2D eigenvalue weighted by Crippen LogP contribution is 2.24. The van der Waals surface area contributed by atoms with E-state index in [1.807, 2.05) is 19.3 Å². The third-order valence-electron chi connectivity index (χ3n) is 2.38. The molecular formula is C12H9BrClIN2O. The van der Waals surface area contributed by atoms with Crippen LogP contribution in [-0.4, -0.2) is 10.5 Å². The van der Waals surface area contributed by atoms with Gasteiger partial charge in [0.25, 0.3) is 5.91 Å². The van der Waals surface area contributed by atoms with Crippen molar-refractivity contribution in [3.8, 4) is 0 Å². The monoisotopic (exact) mass is 438 g/mol. The summed E-state index contributed by atoms with van der Waals surface area (Å²) in [5.74, 6) is -0.189. The standard InChI is InChI=1S/C12H9BrClIN2O/c1-17-6-7(13)4-11(17)12(18)16-10-3-2-8(15)5-9(10)14/h2-6H,1H3,(H,16,18). The first-order valence-corrected chi connectivity index (χ1v) is 7.30. The summed E-state index contributed by atoms with van der Waals surface area (Å²) < 4.78 is 3.64. The van der Waals surface area contributed by atoms with Crippen molar-refractivity contribution < 1.29 is 4.79 Å². The van der Waals surface area contributed by atoms with Gasteiger partial charge in [0, 0.05) is 21.3 Å². The minimum absolute atomic E-state index is 0.189. The molecule has 1 heterocycles. The number of aryl methyl sites for hydroxylation is 1. The molecule has 0 radical (unpaired) electrons.